The second kappa shape index (κ2) is 4.19. The molecule has 3 rings (SSSR count). The molecule has 1 saturated heterocycles. The van der Waals surface area contributed by atoms with Crippen LogP contribution in [0.25, 0.3) is 5.57 Å². The zero-order valence-corrected chi connectivity index (χ0v) is 10.4. The predicted octanol–water partition coefficient (Wildman–Crippen LogP) is 2.57. The molecule has 2 unspecified atom stereocenters. The average Bonchev–Trinajstić information content (AvgIpc) is 2.38. The van der Waals surface area contributed by atoms with Crippen molar-refractivity contribution in [3.05, 3.63) is 41.6 Å². The maximum atomic E-state index is 5.80. The van der Waals surface area contributed by atoms with Crippen LogP contribution >= 0.6 is 0 Å². The Balaban J connectivity index is 2.09. The fourth-order valence-corrected chi connectivity index (χ4v) is 3.49. The Labute approximate surface area is 103 Å². The zero-order chi connectivity index (χ0) is 11.8. The van der Waals surface area contributed by atoms with E-state index >= 15 is 0 Å². The third-order valence-electron chi connectivity index (χ3n) is 4.39. The summed E-state index contributed by atoms with van der Waals surface area (Å²) in [5.74, 6) is 0.702. The first kappa shape index (κ1) is 10.8. The van der Waals surface area contributed by atoms with Crippen LogP contribution in [0.4, 0.5) is 0 Å². The molecular formula is C15H20N2. The minimum atomic E-state index is 0.647. The molecule has 17 heavy (non-hydrogen) atoms. The number of hydrogen-bond donors (Lipinski definition) is 1. The Morgan fingerprint density at radius 1 is 1.35 bits per heavy atom. The van der Waals surface area contributed by atoms with Crippen molar-refractivity contribution < 1.29 is 0 Å². The lowest BCUT2D eigenvalue weighted by Gasteiger charge is -2.44. The van der Waals surface area contributed by atoms with E-state index in [0.717, 1.165) is 6.42 Å². The van der Waals surface area contributed by atoms with E-state index in [-0.39, 0.29) is 0 Å². The van der Waals surface area contributed by atoms with Crippen LogP contribution in [-0.4, -0.2) is 24.5 Å². The van der Waals surface area contributed by atoms with Gasteiger partial charge in [-0.1, -0.05) is 24.3 Å². The standard InChI is InChI=1S/C15H20N2/c1-17-8-4-7-14-13-6-3-2-5-12(13)11(10-16)9-15(14)17/h2-3,5-6,10,14-15H,4,7-9,16H2,1H3/b11-10-. The summed E-state index contributed by atoms with van der Waals surface area (Å²) >= 11 is 0. The van der Waals surface area contributed by atoms with Gasteiger partial charge in [0.2, 0.25) is 0 Å². The van der Waals surface area contributed by atoms with Crippen molar-refractivity contribution in [2.24, 2.45) is 5.73 Å². The van der Waals surface area contributed by atoms with Crippen molar-refractivity contribution >= 4 is 5.57 Å². The van der Waals surface area contributed by atoms with E-state index < -0.39 is 0 Å². The van der Waals surface area contributed by atoms with Crippen LogP contribution < -0.4 is 5.73 Å². The number of likely N-dealkylation sites (tertiary alicyclic amines) is 1. The highest BCUT2D eigenvalue weighted by Crippen LogP contribution is 2.44. The number of piperidine rings is 1. The van der Waals surface area contributed by atoms with Crippen molar-refractivity contribution in [2.45, 2.75) is 31.2 Å². The van der Waals surface area contributed by atoms with E-state index in [1.807, 2.05) is 0 Å². The van der Waals surface area contributed by atoms with Gasteiger partial charge in [-0.25, -0.2) is 0 Å². The van der Waals surface area contributed by atoms with Crippen LogP contribution in [0.5, 0.6) is 0 Å². The molecule has 1 aliphatic heterocycles. The highest BCUT2D eigenvalue weighted by atomic mass is 15.1. The van der Waals surface area contributed by atoms with E-state index in [1.165, 1.54) is 36.1 Å². The molecule has 0 radical (unpaired) electrons. The quantitative estimate of drug-likeness (QED) is 0.739. The van der Waals surface area contributed by atoms with Crippen LogP contribution in [0.15, 0.2) is 30.5 Å². The van der Waals surface area contributed by atoms with Crippen LogP contribution in [0.2, 0.25) is 0 Å². The lowest BCUT2D eigenvalue weighted by molar-refractivity contribution is 0.159. The van der Waals surface area contributed by atoms with Crippen LogP contribution in [0, 0.1) is 0 Å². The van der Waals surface area contributed by atoms with Crippen molar-refractivity contribution in [3.8, 4) is 0 Å². The fraction of sp³-hybridized carbons (Fsp3) is 0.467. The Morgan fingerprint density at radius 3 is 3.00 bits per heavy atom. The zero-order valence-electron chi connectivity index (χ0n) is 10.4. The Hall–Kier alpha value is -1.28. The maximum Gasteiger partial charge on any atom is 0.0202 e. The van der Waals surface area contributed by atoms with Gasteiger partial charge in [0.15, 0.2) is 0 Å². The van der Waals surface area contributed by atoms with Crippen molar-refractivity contribution in [3.63, 3.8) is 0 Å². The lowest BCUT2D eigenvalue weighted by Crippen LogP contribution is -2.43. The normalized spacial score (nSPS) is 31.0. The molecule has 2 aliphatic rings. The number of hydrogen-bond acceptors (Lipinski definition) is 2. The monoisotopic (exact) mass is 228 g/mol. The molecule has 1 aliphatic carbocycles. The summed E-state index contributed by atoms with van der Waals surface area (Å²) in [6.07, 6.45) is 5.55. The molecule has 2 N–H and O–H groups in total. The minimum absolute atomic E-state index is 0.647. The van der Waals surface area contributed by atoms with Crippen LogP contribution in [-0.2, 0) is 0 Å². The van der Waals surface area contributed by atoms with Gasteiger partial charge < -0.3 is 10.6 Å². The third kappa shape index (κ3) is 1.67. The fourth-order valence-electron chi connectivity index (χ4n) is 3.49. The molecule has 1 aromatic rings. The summed E-state index contributed by atoms with van der Waals surface area (Å²) in [5.41, 5.74) is 10.0. The summed E-state index contributed by atoms with van der Waals surface area (Å²) in [5, 5.41) is 0. The molecule has 0 aromatic heterocycles. The number of fused-ring (bicyclic) bond motifs is 3. The van der Waals surface area contributed by atoms with Gasteiger partial charge in [-0.15, -0.1) is 0 Å². The number of rotatable bonds is 0. The van der Waals surface area contributed by atoms with Gasteiger partial charge in [0, 0.05) is 12.0 Å². The highest BCUT2D eigenvalue weighted by molar-refractivity contribution is 5.71. The molecule has 1 fully saturated rings. The first-order valence-electron chi connectivity index (χ1n) is 6.51. The number of likely N-dealkylation sites (N-methyl/N-ethyl adjacent to an activating group) is 1. The molecule has 0 spiro atoms. The van der Waals surface area contributed by atoms with Gasteiger partial charge in [-0.2, -0.15) is 0 Å². The average molecular weight is 228 g/mol. The second-order valence-corrected chi connectivity index (χ2v) is 5.28. The highest BCUT2D eigenvalue weighted by Gasteiger charge is 2.36. The van der Waals surface area contributed by atoms with Crippen molar-refractivity contribution in [1.29, 1.82) is 0 Å². The van der Waals surface area contributed by atoms with Gasteiger partial charge in [0.1, 0.15) is 0 Å². The topological polar surface area (TPSA) is 29.3 Å². The first-order chi connectivity index (χ1) is 8.31. The molecule has 0 bridgehead atoms. The summed E-state index contributed by atoms with van der Waals surface area (Å²) in [6, 6.07) is 9.43. The third-order valence-corrected chi connectivity index (χ3v) is 4.39. The molecule has 1 heterocycles. The summed E-state index contributed by atoms with van der Waals surface area (Å²) in [4.78, 5) is 2.51. The van der Waals surface area contributed by atoms with Gasteiger partial charge in [0.05, 0.1) is 0 Å². The van der Waals surface area contributed by atoms with Gasteiger partial charge in [0.25, 0.3) is 0 Å². The Morgan fingerprint density at radius 2 is 2.18 bits per heavy atom. The molecule has 0 saturated carbocycles. The summed E-state index contributed by atoms with van der Waals surface area (Å²) < 4.78 is 0. The lowest BCUT2D eigenvalue weighted by atomic mass is 9.72. The van der Waals surface area contributed by atoms with Gasteiger partial charge in [-0.3, -0.25) is 0 Å². The summed E-state index contributed by atoms with van der Waals surface area (Å²) in [6.45, 7) is 1.22. The second-order valence-electron chi connectivity index (χ2n) is 5.28. The number of nitrogens with two attached hydrogens (primary N) is 1. The van der Waals surface area contributed by atoms with Gasteiger partial charge >= 0.3 is 0 Å². The number of nitrogens with zero attached hydrogens (tertiary/aromatic N) is 1. The molecular weight excluding hydrogens is 208 g/mol. The van der Waals surface area contributed by atoms with Crippen molar-refractivity contribution in [2.75, 3.05) is 13.6 Å². The van der Waals surface area contributed by atoms with Gasteiger partial charge in [-0.05, 0) is 55.8 Å². The van der Waals surface area contributed by atoms with Crippen LogP contribution in [0.1, 0.15) is 36.3 Å². The van der Waals surface area contributed by atoms with E-state index in [9.17, 15) is 0 Å². The van der Waals surface area contributed by atoms with E-state index in [4.69, 9.17) is 5.73 Å². The maximum absolute atomic E-state index is 5.80. The minimum Gasteiger partial charge on any atom is -0.404 e. The first-order valence-corrected chi connectivity index (χ1v) is 6.51. The SMILES string of the molecule is CN1CCCC2c3ccccc3/C(=C\N)CC21. The number of benzene rings is 1. The molecule has 0 amide bonds. The molecule has 2 heteroatoms. The molecule has 2 atom stereocenters. The Kier molecular flexibility index (Phi) is 2.67. The van der Waals surface area contributed by atoms with E-state index in [1.54, 1.807) is 6.20 Å². The Bertz CT molecular complexity index is 450. The van der Waals surface area contributed by atoms with Crippen LogP contribution in [0.3, 0.4) is 0 Å². The smallest absolute Gasteiger partial charge is 0.0202 e. The predicted molar refractivity (Wildman–Crippen MR) is 71.6 cm³/mol. The molecule has 1 aromatic carbocycles. The molecule has 2 nitrogen and oxygen atoms in total. The van der Waals surface area contributed by atoms with E-state index in [2.05, 4.69) is 36.2 Å². The summed E-state index contributed by atoms with van der Waals surface area (Å²) in [7, 11) is 2.25. The van der Waals surface area contributed by atoms with E-state index in [0.29, 0.717) is 12.0 Å². The van der Waals surface area contributed by atoms with Crippen molar-refractivity contribution in [1.82, 2.24) is 4.90 Å². The molecule has 90 valence electrons. The largest absolute Gasteiger partial charge is 0.404 e.